The number of anilines is 2. The zero-order valence-corrected chi connectivity index (χ0v) is 17.1. The summed E-state index contributed by atoms with van der Waals surface area (Å²) in [6, 6.07) is 4.22. The largest absolute Gasteiger partial charge is 0.399 e. The number of benzene rings is 1. The molecule has 0 fully saturated rings. The summed E-state index contributed by atoms with van der Waals surface area (Å²) < 4.78 is 2.14. The Balaban J connectivity index is 2.33. The number of fused-ring (bicyclic) bond motifs is 1. The normalized spacial score (nSPS) is 11.6. The zero-order chi connectivity index (χ0) is 18.9. The molecule has 0 saturated carbocycles. The Morgan fingerprint density at radius 2 is 1.81 bits per heavy atom. The first kappa shape index (κ1) is 20.6. The van der Waals surface area contributed by atoms with Crippen LogP contribution in [-0.2, 0) is 13.0 Å². The summed E-state index contributed by atoms with van der Waals surface area (Å²) >= 11 is 0. The molecule has 5 heteroatoms. The molecule has 0 bridgehead atoms. The maximum atomic E-state index is 6.21. The molecule has 0 saturated heterocycles. The van der Waals surface area contributed by atoms with Gasteiger partial charge in [0.15, 0.2) is 5.82 Å². The molecule has 1 heterocycles. The molecule has 0 radical (unpaired) electrons. The molecule has 3 N–H and O–H groups in total. The highest BCUT2D eigenvalue weighted by Gasteiger charge is 2.15. The van der Waals surface area contributed by atoms with Crippen molar-refractivity contribution in [1.82, 2.24) is 14.7 Å². The van der Waals surface area contributed by atoms with Crippen LogP contribution in [-0.4, -0.2) is 40.9 Å². The fourth-order valence-electron chi connectivity index (χ4n) is 3.45. The van der Waals surface area contributed by atoms with Crippen molar-refractivity contribution < 1.29 is 0 Å². The monoisotopic (exact) mass is 359 g/mol. The molecule has 1 aromatic carbocycles. The van der Waals surface area contributed by atoms with Gasteiger partial charge in [-0.05, 0) is 50.0 Å². The third kappa shape index (κ3) is 5.13. The van der Waals surface area contributed by atoms with Gasteiger partial charge in [0.1, 0.15) is 0 Å². The van der Waals surface area contributed by atoms with Gasteiger partial charge in [0.05, 0.1) is 5.52 Å². The fraction of sp³-hybridized carbons (Fsp3) is 0.667. The van der Waals surface area contributed by atoms with Crippen molar-refractivity contribution >= 4 is 22.4 Å². The third-order valence-corrected chi connectivity index (χ3v) is 5.10. The summed E-state index contributed by atoms with van der Waals surface area (Å²) in [4.78, 5) is 2.43. The van der Waals surface area contributed by atoms with Gasteiger partial charge in [-0.25, -0.2) is 0 Å². The minimum Gasteiger partial charge on any atom is -0.399 e. The van der Waals surface area contributed by atoms with Crippen LogP contribution < -0.4 is 11.1 Å². The number of nitrogens with zero attached hydrogens (tertiary/aromatic N) is 3. The van der Waals surface area contributed by atoms with Crippen molar-refractivity contribution in [1.29, 1.82) is 0 Å². The highest BCUT2D eigenvalue weighted by Crippen LogP contribution is 2.30. The average molecular weight is 360 g/mol. The van der Waals surface area contributed by atoms with Gasteiger partial charge in [-0.1, -0.05) is 40.5 Å². The second-order valence-corrected chi connectivity index (χ2v) is 7.06. The van der Waals surface area contributed by atoms with Crippen molar-refractivity contribution in [2.75, 3.05) is 37.2 Å². The average Bonchev–Trinajstić information content (AvgIpc) is 2.99. The number of aryl methyl sites for hydroxylation is 2. The van der Waals surface area contributed by atoms with Crippen molar-refractivity contribution in [3.8, 4) is 0 Å². The van der Waals surface area contributed by atoms with Crippen molar-refractivity contribution in [2.45, 2.75) is 66.3 Å². The van der Waals surface area contributed by atoms with Crippen LogP contribution in [0.3, 0.4) is 0 Å². The summed E-state index contributed by atoms with van der Waals surface area (Å²) in [6.07, 6.45) is 5.72. The predicted molar refractivity (Wildman–Crippen MR) is 114 cm³/mol. The third-order valence-electron chi connectivity index (χ3n) is 5.10. The molecular formula is C21H37N5. The standard InChI is InChI=1S/C21H37N5/c1-5-9-11-17-15-18(22)16-19-20(17)21(24-26(19)13-10-6-2)23-12-14-25(7-3)8-4/h15-16H,5-14,22H2,1-4H3,(H,23,24). The number of hydrogen-bond donors (Lipinski definition) is 2. The minimum atomic E-state index is 0.843. The van der Waals surface area contributed by atoms with E-state index in [0.717, 1.165) is 63.5 Å². The van der Waals surface area contributed by atoms with Gasteiger partial charge in [0.2, 0.25) is 0 Å². The molecule has 0 amide bonds. The Labute approximate surface area is 158 Å². The van der Waals surface area contributed by atoms with Crippen LogP contribution >= 0.6 is 0 Å². The van der Waals surface area contributed by atoms with Crippen LogP contribution in [0.4, 0.5) is 11.5 Å². The van der Waals surface area contributed by atoms with E-state index in [9.17, 15) is 0 Å². The number of unbranched alkanes of at least 4 members (excludes halogenated alkanes) is 2. The molecule has 2 aromatic rings. The molecule has 0 aliphatic rings. The lowest BCUT2D eigenvalue weighted by atomic mass is 10.0. The van der Waals surface area contributed by atoms with Gasteiger partial charge in [0.25, 0.3) is 0 Å². The highest BCUT2D eigenvalue weighted by molar-refractivity contribution is 5.95. The summed E-state index contributed by atoms with van der Waals surface area (Å²) in [5.74, 6) is 1.02. The van der Waals surface area contributed by atoms with E-state index in [1.54, 1.807) is 0 Å². The van der Waals surface area contributed by atoms with Crippen molar-refractivity contribution in [3.05, 3.63) is 17.7 Å². The van der Waals surface area contributed by atoms with E-state index in [4.69, 9.17) is 10.8 Å². The minimum absolute atomic E-state index is 0.843. The number of nitrogens with two attached hydrogens (primary N) is 1. The number of hydrogen-bond acceptors (Lipinski definition) is 4. The van der Waals surface area contributed by atoms with Crippen LogP contribution in [0.2, 0.25) is 0 Å². The molecule has 2 rings (SSSR count). The van der Waals surface area contributed by atoms with Gasteiger partial charge in [-0.3, -0.25) is 4.68 Å². The molecule has 0 spiro atoms. The van der Waals surface area contributed by atoms with E-state index in [0.29, 0.717) is 0 Å². The molecule has 146 valence electrons. The highest BCUT2D eigenvalue weighted by atomic mass is 15.3. The fourth-order valence-corrected chi connectivity index (χ4v) is 3.45. The van der Waals surface area contributed by atoms with Crippen molar-refractivity contribution in [3.63, 3.8) is 0 Å². The molecule has 1 aromatic heterocycles. The van der Waals surface area contributed by atoms with Gasteiger partial charge < -0.3 is 16.0 Å². The molecule has 0 unspecified atom stereocenters. The molecule has 0 aliphatic heterocycles. The Kier molecular flexibility index (Phi) is 8.23. The lowest BCUT2D eigenvalue weighted by molar-refractivity contribution is 0.316. The van der Waals surface area contributed by atoms with Gasteiger partial charge >= 0.3 is 0 Å². The Bertz CT molecular complexity index is 673. The lowest BCUT2D eigenvalue weighted by Crippen LogP contribution is -2.28. The van der Waals surface area contributed by atoms with E-state index < -0.39 is 0 Å². The quantitative estimate of drug-likeness (QED) is 0.547. The maximum Gasteiger partial charge on any atom is 0.156 e. The van der Waals surface area contributed by atoms with Gasteiger partial charge in [-0.2, -0.15) is 5.10 Å². The molecular weight excluding hydrogens is 322 g/mol. The topological polar surface area (TPSA) is 59.1 Å². The van der Waals surface area contributed by atoms with E-state index in [1.165, 1.54) is 29.3 Å². The first-order valence-electron chi connectivity index (χ1n) is 10.4. The Morgan fingerprint density at radius 3 is 2.46 bits per heavy atom. The van der Waals surface area contributed by atoms with E-state index in [1.807, 2.05) is 0 Å². The summed E-state index contributed by atoms with van der Waals surface area (Å²) in [6.45, 7) is 13.9. The zero-order valence-electron chi connectivity index (χ0n) is 17.1. The number of rotatable bonds is 12. The van der Waals surface area contributed by atoms with E-state index in [2.05, 4.69) is 54.7 Å². The molecule has 0 aliphatic carbocycles. The van der Waals surface area contributed by atoms with Crippen LogP contribution in [0.5, 0.6) is 0 Å². The Hall–Kier alpha value is -1.75. The molecule has 5 nitrogen and oxygen atoms in total. The summed E-state index contributed by atoms with van der Waals surface area (Å²) in [5.41, 5.74) is 9.56. The van der Waals surface area contributed by atoms with E-state index >= 15 is 0 Å². The first-order valence-corrected chi connectivity index (χ1v) is 10.4. The molecule has 26 heavy (non-hydrogen) atoms. The number of likely N-dealkylation sites (N-methyl/N-ethyl adjacent to an activating group) is 1. The first-order chi connectivity index (χ1) is 12.6. The summed E-state index contributed by atoms with van der Waals surface area (Å²) in [5, 5.41) is 9.79. The Morgan fingerprint density at radius 1 is 1.08 bits per heavy atom. The van der Waals surface area contributed by atoms with Gasteiger partial charge in [0, 0.05) is 30.7 Å². The van der Waals surface area contributed by atoms with Gasteiger partial charge in [-0.15, -0.1) is 0 Å². The predicted octanol–water partition coefficient (Wildman–Crippen LogP) is 4.51. The second kappa shape index (κ2) is 10.4. The van der Waals surface area contributed by atoms with Crippen LogP contribution in [0.1, 0.15) is 58.9 Å². The smallest absolute Gasteiger partial charge is 0.156 e. The molecule has 0 atom stereocenters. The van der Waals surface area contributed by atoms with Crippen LogP contribution in [0.15, 0.2) is 12.1 Å². The number of aromatic nitrogens is 2. The lowest BCUT2D eigenvalue weighted by Gasteiger charge is -2.18. The SMILES string of the molecule is CCCCc1cc(N)cc2c1c(NCCN(CC)CC)nn2CCCC. The maximum absolute atomic E-state index is 6.21. The number of nitrogen functional groups attached to an aromatic ring is 1. The van der Waals surface area contributed by atoms with Crippen LogP contribution in [0.25, 0.3) is 10.9 Å². The summed E-state index contributed by atoms with van der Waals surface area (Å²) in [7, 11) is 0. The second-order valence-electron chi connectivity index (χ2n) is 7.06. The van der Waals surface area contributed by atoms with Crippen LogP contribution in [0, 0.1) is 0 Å². The number of nitrogens with one attached hydrogen (secondary N) is 1. The van der Waals surface area contributed by atoms with E-state index in [-0.39, 0.29) is 0 Å². The van der Waals surface area contributed by atoms with Crippen molar-refractivity contribution in [2.24, 2.45) is 0 Å².